The number of benzene rings is 2. The summed E-state index contributed by atoms with van der Waals surface area (Å²) in [5, 5.41) is 0. The molecule has 1 atom stereocenters. The molecule has 0 amide bonds. The largest absolute Gasteiger partial charge is 0.327 e. The minimum atomic E-state index is -0.565. The zero-order valence-electron chi connectivity index (χ0n) is 11.2. The number of hydrogen-bond acceptors (Lipinski definition) is 1. The SMILES string of the molecule is Cc1cccc(CC(N)Cc2c(F)ccc(Br)c2F)c1. The molecule has 20 heavy (non-hydrogen) atoms. The third-order valence-corrected chi connectivity index (χ3v) is 3.80. The molecule has 1 nitrogen and oxygen atoms in total. The van der Waals surface area contributed by atoms with Gasteiger partial charge >= 0.3 is 0 Å². The van der Waals surface area contributed by atoms with Gasteiger partial charge in [-0.15, -0.1) is 0 Å². The van der Waals surface area contributed by atoms with Crippen LogP contribution in [0.3, 0.4) is 0 Å². The molecule has 0 aliphatic heterocycles. The van der Waals surface area contributed by atoms with Crippen LogP contribution < -0.4 is 5.73 Å². The molecule has 106 valence electrons. The Morgan fingerprint density at radius 2 is 1.90 bits per heavy atom. The van der Waals surface area contributed by atoms with E-state index in [2.05, 4.69) is 15.9 Å². The van der Waals surface area contributed by atoms with E-state index in [-0.39, 0.29) is 22.5 Å². The zero-order valence-corrected chi connectivity index (χ0v) is 12.8. The van der Waals surface area contributed by atoms with Crippen LogP contribution in [0.25, 0.3) is 0 Å². The lowest BCUT2D eigenvalue weighted by molar-refractivity contribution is 0.530. The lowest BCUT2D eigenvalue weighted by atomic mass is 9.98. The molecule has 0 spiro atoms. The lowest BCUT2D eigenvalue weighted by Gasteiger charge is -2.14. The van der Waals surface area contributed by atoms with Gasteiger partial charge in [0.25, 0.3) is 0 Å². The molecule has 0 aromatic heterocycles. The number of rotatable bonds is 4. The quantitative estimate of drug-likeness (QED) is 0.832. The average molecular weight is 340 g/mol. The highest BCUT2D eigenvalue weighted by atomic mass is 79.9. The van der Waals surface area contributed by atoms with Crippen molar-refractivity contribution in [3.63, 3.8) is 0 Å². The number of halogens is 3. The number of hydrogen-bond donors (Lipinski definition) is 1. The van der Waals surface area contributed by atoms with Crippen molar-refractivity contribution in [1.82, 2.24) is 0 Å². The smallest absolute Gasteiger partial charge is 0.143 e. The average Bonchev–Trinajstić information content (AvgIpc) is 2.39. The molecule has 2 aromatic rings. The van der Waals surface area contributed by atoms with E-state index < -0.39 is 11.6 Å². The summed E-state index contributed by atoms with van der Waals surface area (Å²) in [5.41, 5.74) is 8.29. The Balaban J connectivity index is 2.12. The van der Waals surface area contributed by atoms with Crippen molar-refractivity contribution in [1.29, 1.82) is 0 Å². The minimum absolute atomic E-state index is 0.0412. The summed E-state index contributed by atoms with van der Waals surface area (Å²) in [6, 6.07) is 10.3. The topological polar surface area (TPSA) is 26.0 Å². The molecule has 0 saturated heterocycles. The second-order valence-corrected chi connectivity index (χ2v) is 5.83. The maximum Gasteiger partial charge on any atom is 0.143 e. The standard InChI is InChI=1S/C16H16BrF2N/c1-10-3-2-4-11(7-10)8-12(20)9-13-15(18)6-5-14(17)16(13)19/h2-7,12H,8-9,20H2,1H3. The Morgan fingerprint density at radius 1 is 1.15 bits per heavy atom. The van der Waals surface area contributed by atoms with Crippen LogP contribution in [0.2, 0.25) is 0 Å². The van der Waals surface area contributed by atoms with Crippen LogP contribution in [0.4, 0.5) is 8.78 Å². The second-order valence-electron chi connectivity index (χ2n) is 4.98. The summed E-state index contributed by atoms with van der Waals surface area (Å²) < 4.78 is 27.8. The van der Waals surface area contributed by atoms with Crippen LogP contribution in [0, 0.1) is 18.6 Å². The van der Waals surface area contributed by atoms with Crippen molar-refractivity contribution in [3.05, 3.63) is 69.2 Å². The van der Waals surface area contributed by atoms with E-state index in [0.717, 1.165) is 11.1 Å². The first-order valence-corrected chi connectivity index (χ1v) is 7.20. The summed E-state index contributed by atoms with van der Waals surface area (Å²) >= 11 is 3.06. The van der Waals surface area contributed by atoms with Crippen LogP contribution in [0.1, 0.15) is 16.7 Å². The first-order chi connectivity index (χ1) is 9.47. The fourth-order valence-electron chi connectivity index (χ4n) is 2.23. The second kappa shape index (κ2) is 6.46. The first-order valence-electron chi connectivity index (χ1n) is 6.41. The molecule has 0 radical (unpaired) electrons. The van der Waals surface area contributed by atoms with Gasteiger partial charge in [-0.2, -0.15) is 0 Å². The molecular formula is C16H16BrF2N. The van der Waals surface area contributed by atoms with Crippen molar-refractivity contribution < 1.29 is 8.78 Å². The highest BCUT2D eigenvalue weighted by Crippen LogP contribution is 2.23. The fourth-order valence-corrected chi connectivity index (χ4v) is 2.60. The monoisotopic (exact) mass is 339 g/mol. The van der Waals surface area contributed by atoms with Crippen LogP contribution in [-0.2, 0) is 12.8 Å². The molecule has 1 unspecified atom stereocenters. The maximum atomic E-state index is 13.9. The van der Waals surface area contributed by atoms with Gasteiger partial charge in [-0.05, 0) is 53.4 Å². The molecule has 0 bridgehead atoms. The van der Waals surface area contributed by atoms with Crippen LogP contribution in [0.5, 0.6) is 0 Å². The molecule has 2 aromatic carbocycles. The zero-order chi connectivity index (χ0) is 14.7. The fraction of sp³-hybridized carbons (Fsp3) is 0.250. The van der Waals surface area contributed by atoms with E-state index in [9.17, 15) is 8.78 Å². The van der Waals surface area contributed by atoms with Gasteiger partial charge in [-0.1, -0.05) is 29.8 Å². The summed E-state index contributed by atoms with van der Waals surface area (Å²) in [5.74, 6) is -1.12. The van der Waals surface area contributed by atoms with Crippen molar-refractivity contribution in [2.24, 2.45) is 5.73 Å². The maximum absolute atomic E-state index is 13.9. The highest BCUT2D eigenvalue weighted by molar-refractivity contribution is 9.10. The van der Waals surface area contributed by atoms with Gasteiger partial charge in [0.05, 0.1) is 4.47 Å². The predicted octanol–water partition coefficient (Wildman–Crippen LogP) is 4.15. The van der Waals surface area contributed by atoms with Gasteiger partial charge in [0.2, 0.25) is 0 Å². The van der Waals surface area contributed by atoms with E-state index >= 15 is 0 Å². The minimum Gasteiger partial charge on any atom is -0.327 e. The van der Waals surface area contributed by atoms with Gasteiger partial charge in [0, 0.05) is 11.6 Å². The molecule has 2 N–H and O–H groups in total. The summed E-state index contributed by atoms with van der Waals surface area (Å²) in [6.07, 6.45) is 0.762. The summed E-state index contributed by atoms with van der Waals surface area (Å²) in [4.78, 5) is 0. The van der Waals surface area contributed by atoms with E-state index in [4.69, 9.17) is 5.73 Å². The normalized spacial score (nSPS) is 12.4. The molecule has 0 heterocycles. The molecule has 0 aliphatic rings. The van der Waals surface area contributed by atoms with Crippen molar-refractivity contribution in [2.45, 2.75) is 25.8 Å². The third-order valence-electron chi connectivity index (χ3n) is 3.19. The Bertz CT molecular complexity index is 613. The van der Waals surface area contributed by atoms with E-state index in [1.807, 2.05) is 31.2 Å². The molecule has 0 saturated carbocycles. The van der Waals surface area contributed by atoms with E-state index in [0.29, 0.717) is 6.42 Å². The van der Waals surface area contributed by atoms with Gasteiger partial charge < -0.3 is 5.73 Å². The van der Waals surface area contributed by atoms with Gasteiger partial charge in [0.15, 0.2) is 0 Å². The van der Waals surface area contributed by atoms with E-state index in [1.54, 1.807) is 0 Å². The Kier molecular flexibility index (Phi) is 4.89. The highest BCUT2D eigenvalue weighted by Gasteiger charge is 2.16. The molecule has 0 fully saturated rings. The molecular weight excluding hydrogens is 324 g/mol. The lowest BCUT2D eigenvalue weighted by Crippen LogP contribution is -2.26. The van der Waals surface area contributed by atoms with E-state index in [1.165, 1.54) is 12.1 Å². The van der Waals surface area contributed by atoms with Gasteiger partial charge in [0.1, 0.15) is 11.6 Å². The van der Waals surface area contributed by atoms with Crippen molar-refractivity contribution in [2.75, 3.05) is 0 Å². The molecule has 2 rings (SSSR count). The Morgan fingerprint density at radius 3 is 2.60 bits per heavy atom. The Hall–Kier alpha value is -1.26. The number of nitrogens with two attached hydrogens (primary N) is 1. The Labute approximate surface area is 125 Å². The van der Waals surface area contributed by atoms with Crippen LogP contribution in [0.15, 0.2) is 40.9 Å². The van der Waals surface area contributed by atoms with Crippen LogP contribution in [-0.4, -0.2) is 6.04 Å². The molecule has 4 heteroatoms. The predicted molar refractivity (Wildman–Crippen MR) is 80.6 cm³/mol. The van der Waals surface area contributed by atoms with Gasteiger partial charge in [-0.3, -0.25) is 0 Å². The summed E-state index contributed by atoms with van der Waals surface area (Å²) in [6.45, 7) is 2.00. The summed E-state index contributed by atoms with van der Waals surface area (Å²) in [7, 11) is 0. The van der Waals surface area contributed by atoms with Gasteiger partial charge in [-0.25, -0.2) is 8.78 Å². The van der Waals surface area contributed by atoms with Crippen LogP contribution >= 0.6 is 15.9 Å². The van der Waals surface area contributed by atoms with Crippen molar-refractivity contribution in [3.8, 4) is 0 Å². The first kappa shape index (κ1) is 15.1. The number of aryl methyl sites for hydroxylation is 1. The van der Waals surface area contributed by atoms with Crippen molar-refractivity contribution >= 4 is 15.9 Å². The third kappa shape index (κ3) is 3.64. The molecule has 0 aliphatic carbocycles.